The second-order valence-electron chi connectivity index (χ2n) is 6.21. The van der Waals surface area contributed by atoms with E-state index in [1.807, 2.05) is 12.1 Å². The first-order chi connectivity index (χ1) is 10.3. The molecule has 114 valence electrons. The zero-order valence-electron chi connectivity index (χ0n) is 12.8. The molecule has 0 saturated heterocycles. The van der Waals surface area contributed by atoms with Gasteiger partial charge in [0.25, 0.3) is 0 Å². The lowest BCUT2D eigenvalue weighted by Gasteiger charge is -2.36. The second kappa shape index (κ2) is 6.20. The molecule has 0 unspecified atom stereocenters. The average molecular weight is 287 g/mol. The number of furan rings is 1. The number of hydrogen-bond donors (Lipinski definition) is 2. The molecule has 0 radical (unpaired) electrons. The molecule has 3 nitrogen and oxygen atoms in total. The Labute approximate surface area is 126 Å². The summed E-state index contributed by atoms with van der Waals surface area (Å²) in [6.07, 6.45) is 6.75. The molecule has 0 bridgehead atoms. The smallest absolute Gasteiger partial charge is 0.134 e. The normalized spacial score (nSPS) is 18.2. The highest BCUT2D eigenvalue weighted by Crippen LogP contribution is 2.30. The summed E-state index contributed by atoms with van der Waals surface area (Å²) >= 11 is 0. The summed E-state index contributed by atoms with van der Waals surface area (Å²) in [5, 5.41) is 14.7. The molecule has 21 heavy (non-hydrogen) atoms. The number of hydrogen-bond acceptors (Lipinski definition) is 3. The molecule has 1 aromatic heterocycles. The maximum Gasteiger partial charge on any atom is 0.134 e. The largest absolute Gasteiger partial charge is 0.461 e. The Morgan fingerprint density at radius 2 is 1.95 bits per heavy atom. The van der Waals surface area contributed by atoms with Crippen molar-refractivity contribution in [2.45, 2.75) is 57.5 Å². The van der Waals surface area contributed by atoms with Crippen molar-refractivity contribution < 1.29 is 9.52 Å². The van der Waals surface area contributed by atoms with Crippen molar-refractivity contribution in [3.05, 3.63) is 35.6 Å². The first kappa shape index (κ1) is 14.6. The maximum absolute atomic E-state index is 9.82. The van der Waals surface area contributed by atoms with Crippen LogP contribution in [0.3, 0.4) is 0 Å². The van der Waals surface area contributed by atoms with Gasteiger partial charge in [0.2, 0.25) is 0 Å². The SMILES string of the molecule is CCc1oc2ccccc2c1CNC1(CO)CCCCC1. The van der Waals surface area contributed by atoms with Gasteiger partial charge in [0, 0.05) is 29.5 Å². The molecule has 0 aliphatic heterocycles. The Balaban J connectivity index is 1.84. The number of fused-ring (bicyclic) bond motifs is 1. The van der Waals surface area contributed by atoms with E-state index in [1.54, 1.807) is 0 Å². The highest BCUT2D eigenvalue weighted by atomic mass is 16.3. The van der Waals surface area contributed by atoms with Crippen LogP contribution >= 0.6 is 0 Å². The first-order valence-corrected chi connectivity index (χ1v) is 8.13. The maximum atomic E-state index is 9.82. The lowest BCUT2D eigenvalue weighted by Crippen LogP contribution is -2.49. The van der Waals surface area contributed by atoms with Crippen molar-refractivity contribution in [2.24, 2.45) is 0 Å². The van der Waals surface area contributed by atoms with Crippen LogP contribution < -0.4 is 5.32 Å². The Bertz CT molecular complexity index is 596. The van der Waals surface area contributed by atoms with Crippen molar-refractivity contribution in [3.63, 3.8) is 0 Å². The third-order valence-electron chi connectivity index (χ3n) is 4.86. The molecule has 3 rings (SSSR count). The van der Waals surface area contributed by atoms with Gasteiger partial charge in [-0.3, -0.25) is 0 Å². The van der Waals surface area contributed by atoms with Crippen LogP contribution in [0.4, 0.5) is 0 Å². The Hall–Kier alpha value is -1.32. The Morgan fingerprint density at radius 3 is 2.67 bits per heavy atom. The van der Waals surface area contributed by atoms with Crippen molar-refractivity contribution in [3.8, 4) is 0 Å². The molecular formula is C18H25NO2. The minimum atomic E-state index is -0.0956. The van der Waals surface area contributed by atoms with Crippen LogP contribution in [-0.2, 0) is 13.0 Å². The summed E-state index contributed by atoms with van der Waals surface area (Å²) in [4.78, 5) is 0. The third-order valence-corrected chi connectivity index (χ3v) is 4.86. The fraction of sp³-hybridized carbons (Fsp3) is 0.556. The van der Waals surface area contributed by atoms with Crippen LogP contribution in [0.25, 0.3) is 11.0 Å². The number of benzene rings is 1. The molecular weight excluding hydrogens is 262 g/mol. The van der Waals surface area contributed by atoms with Gasteiger partial charge in [-0.2, -0.15) is 0 Å². The second-order valence-corrected chi connectivity index (χ2v) is 6.21. The molecule has 0 amide bonds. The van der Waals surface area contributed by atoms with Crippen LogP contribution in [0.2, 0.25) is 0 Å². The molecule has 1 fully saturated rings. The Kier molecular flexibility index (Phi) is 4.32. The molecule has 1 aromatic carbocycles. The van der Waals surface area contributed by atoms with Gasteiger partial charge in [-0.15, -0.1) is 0 Å². The van der Waals surface area contributed by atoms with Crippen molar-refractivity contribution in [1.82, 2.24) is 5.32 Å². The molecule has 1 saturated carbocycles. The number of rotatable bonds is 5. The predicted molar refractivity (Wildman–Crippen MR) is 85.3 cm³/mol. The number of aliphatic hydroxyl groups is 1. The van der Waals surface area contributed by atoms with E-state index in [1.165, 1.54) is 30.2 Å². The zero-order chi connectivity index (χ0) is 14.7. The summed E-state index contributed by atoms with van der Waals surface area (Å²) in [6.45, 7) is 3.13. The summed E-state index contributed by atoms with van der Waals surface area (Å²) < 4.78 is 5.95. The van der Waals surface area contributed by atoms with Gasteiger partial charge < -0.3 is 14.8 Å². The topological polar surface area (TPSA) is 45.4 Å². The molecule has 1 aliphatic carbocycles. The van der Waals surface area contributed by atoms with Gasteiger partial charge in [-0.25, -0.2) is 0 Å². The predicted octanol–water partition coefficient (Wildman–Crippen LogP) is 3.78. The van der Waals surface area contributed by atoms with Crippen molar-refractivity contribution >= 4 is 11.0 Å². The van der Waals surface area contributed by atoms with E-state index in [0.717, 1.165) is 37.2 Å². The van der Waals surface area contributed by atoms with E-state index in [9.17, 15) is 5.11 Å². The number of aryl methyl sites for hydroxylation is 1. The number of para-hydroxylation sites is 1. The monoisotopic (exact) mass is 287 g/mol. The summed E-state index contributed by atoms with van der Waals surface area (Å²) in [5.41, 5.74) is 2.13. The first-order valence-electron chi connectivity index (χ1n) is 8.13. The van der Waals surface area contributed by atoms with Gasteiger partial charge >= 0.3 is 0 Å². The minimum Gasteiger partial charge on any atom is -0.461 e. The van der Waals surface area contributed by atoms with Gasteiger partial charge in [0.1, 0.15) is 11.3 Å². The van der Waals surface area contributed by atoms with Crippen LogP contribution in [0.15, 0.2) is 28.7 Å². The zero-order valence-corrected chi connectivity index (χ0v) is 12.8. The summed E-state index contributed by atoms with van der Waals surface area (Å²) in [5.74, 6) is 1.06. The highest BCUT2D eigenvalue weighted by molar-refractivity contribution is 5.82. The van der Waals surface area contributed by atoms with Gasteiger partial charge in [-0.1, -0.05) is 44.4 Å². The molecule has 1 heterocycles. The number of nitrogens with one attached hydrogen (secondary N) is 1. The van der Waals surface area contributed by atoms with E-state index >= 15 is 0 Å². The summed E-state index contributed by atoms with van der Waals surface area (Å²) in [7, 11) is 0. The quantitative estimate of drug-likeness (QED) is 0.879. The molecule has 0 spiro atoms. The van der Waals surface area contributed by atoms with Gasteiger partial charge in [0.15, 0.2) is 0 Å². The molecule has 2 aromatic rings. The highest BCUT2D eigenvalue weighted by Gasteiger charge is 2.31. The lowest BCUT2D eigenvalue weighted by atomic mass is 9.82. The molecule has 1 aliphatic rings. The average Bonchev–Trinajstić information content (AvgIpc) is 2.91. The van der Waals surface area contributed by atoms with E-state index in [4.69, 9.17) is 4.42 Å². The molecule has 2 N–H and O–H groups in total. The summed E-state index contributed by atoms with van der Waals surface area (Å²) in [6, 6.07) is 8.23. The van der Waals surface area contributed by atoms with Crippen LogP contribution in [0.5, 0.6) is 0 Å². The Morgan fingerprint density at radius 1 is 1.19 bits per heavy atom. The van der Waals surface area contributed by atoms with Crippen LogP contribution in [0, 0.1) is 0 Å². The van der Waals surface area contributed by atoms with Crippen LogP contribution in [-0.4, -0.2) is 17.3 Å². The third kappa shape index (κ3) is 2.85. The van der Waals surface area contributed by atoms with E-state index in [2.05, 4.69) is 24.4 Å². The van der Waals surface area contributed by atoms with Gasteiger partial charge in [0.05, 0.1) is 6.61 Å². The fourth-order valence-electron chi connectivity index (χ4n) is 3.52. The fourth-order valence-corrected chi connectivity index (χ4v) is 3.52. The minimum absolute atomic E-state index is 0.0956. The van der Waals surface area contributed by atoms with Crippen LogP contribution in [0.1, 0.15) is 50.4 Å². The molecule has 0 atom stereocenters. The van der Waals surface area contributed by atoms with Crippen molar-refractivity contribution in [1.29, 1.82) is 0 Å². The van der Waals surface area contributed by atoms with E-state index in [0.29, 0.717) is 0 Å². The van der Waals surface area contributed by atoms with E-state index < -0.39 is 0 Å². The van der Waals surface area contributed by atoms with Gasteiger partial charge in [-0.05, 0) is 18.9 Å². The standard InChI is InChI=1S/C18H25NO2/c1-2-16-15(14-8-4-5-9-17(14)21-16)12-19-18(13-20)10-6-3-7-11-18/h4-5,8-9,19-20H,2-3,6-7,10-13H2,1H3. The lowest BCUT2D eigenvalue weighted by molar-refractivity contribution is 0.119. The molecule has 3 heteroatoms. The van der Waals surface area contributed by atoms with Crippen molar-refractivity contribution in [2.75, 3.05) is 6.61 Å². The number of aliphatic hydroxyl groups excluding tert-OH is 1. The van der Waals surface area contributed by atoms with E-state index in [-0.39, 0.29) is 12.1 Å².